The molecular formula is C17H18NO3S+. The first-order chi connectivity index (χ1) is 10.5. The van der Waals surface area contributed by atoms with E-state index in [4.69, 9.17) is 4.42 Å². The first-order valence-corrected chi connectivity index (χ1v) is 8.01. The number of phenols is 1. The number of hydrogen-bond donors (Lipinski definition) is 2. The van der Waals surface area contributed by atoms with Crippen molar-refractivity contribution in [2.24, 2.45) is 0 Å². The lowest BCUT2D eigenvalue weighted by Gasteiger charge is -2.14. The standard InChI is InChI=1S/C17H17NO3S/c1-11-15(19)6-5-14-12(8-16(20)21-17(11)14)9-18(2)10-13-4-3-7-22-13/h3-8,19H,9-10H2,1-2H3/p+1. The average molecular weight is 316 g/mol. The van der Waals surface area contributed by atoms with Gasteiger partial charge in [-0.25, -0.2) is 4.79 Å². The van der Waals surface area contributed by atoms with Crippen molar-refractivity contribution in [3.8, 4) is 5.75 Å². The molecule has 5 heteroatoms. The van der Waals surface area contributed by atoms with Gasteiger partial charge in [0.05, 0.1) is 11.9 Å². The van der Waals surface area contributed by atoms with Gasteiger partial charge in [0, 0.05) is 22.6 Å². The van der Waals surface area contributed by atoms with Gasteiger partial charge in [-0.1, -0.05) is 6.07 Å². The molecule has 0 aliphatic carbocycles. The van der Waals surface area contributed by atoms with E-state index in [2.05, 4.69) is 18.5 Å². The lowest BCUT2D eigenvalue weighted by molar-refractivity contribution is -0.907. The third kappa shape index (κ3) is 2.91. The fraction of sp³-hybridized carbons (Fsp3) is 0.235. The quantitative estimate of drug-likeness (QED) is 0.725. The lowest BCUT2D eigenvalue weighted by atomic mass is 10.1. The highest BCUT2D eigenvalue weighted by molar-refractivity contribution is 7.09. The van der Waals surface area contributed by atoms with E-state index in [-0.39, 0.29) is 11.4 Å². The second-order valence-electron chi connectivity index (χ2n) is 5.57. The van der Waals surface area contributed by atoms with Gasteiger partial charge < -0.3 is 14.4 Å². The van der Waals surface area contributed by atoms with Crippen molar-refractivity contribution in [1.82, 2.24) is 0 Å². The van der Waals surface area contributed by atoms with Crippen LogP contribution in [0.5, 0.6) is 5.75 Å². The molecule has 0 saturated heterocycles. The normalized spacial score (nSPS) is 12.6. The van der Waals surface area contributed by atoms with E-state index in [0.29, 0.717) is 11.1 Å². The number of thiophene rings is 1. The number of phenolic OH excluding ortho intramolecular Hbond substituents is 1. The van der Waals surface area contributed by atoms with E-state index < -0.39 is 0 Å². The van der Waals surface area contributed by atoms with Crippen LogP contribution in [0.3, 0.4) is 0 Å². The molecule has 2 N–H and O–H groups in total. The molecule has 0 bridgehead atoms. The molecule has 0 saturated carbocycles. The van der Waals surface area contributed by atoms with E-state index in [1.54, 1.807) is 30.4 Å². The van der Waals surface area contributed by atoms with Crippen LogP contribution in [0.1, 0.15) is 16.0 Å². The summed E-state index contributed by atoms with van der Waals surface area (Å²) in [7, 11) is 2.10. The van der Waals surface area contributed by atoms with Gasteiger partial charge in [-0.05, 0) is 30.5 Å². The zero-order chi connectivity index (χ0) is 15.7. The zero-order valence-electron chi connectivity index (χ0n) is 12.6. The van der Waals surface area contributed by atoms with Crippen LogP contribution in [0.2, 0.25) is 0 Å². The molecule has 0 radical (unpaired) electrons. The minimum atomic E-state index is -0.375. The van der Waals surface area contributed by atoms with Gasteiger partial charge in [0.25, 0.3) is 0 Å². The van der Waals surface area contributed by atoms with Gasteiger partial charge >= 0.3 is 5.63 Å². The molecule has 3 aromatic rings. The molecule has 2 heterocycles. The average Bonchev–Trinajstić information content (AvgIpc) is 2.96. The van der Waals surface area contributed by atoms with Crippen molar-refractivity contribution in [3.63, 3.8) is 0 Å². The molecule has 1 unspecified atom stereocenters. The van der Waals surface area contributed by atoms with Gasteiger partial charge in [0.2, 0.25) is 0 Å². The Labute approximate surface area is 132 Å². The Bertz CT molecular complexity index is 852. The summed E-state index contributed by atoms with van der Waals surface area (Å²) in [4.78, 5) is 14.4. The van der Waals surface area contributed by atoms with Crippen LogP contribution in [0.15, 0.2) is 44.9 Å². The van der Waals surface area contributed by atoms with Crippen LogP contribution in [-0.2, 0) is 13.1 Å². The van der Waals surface area contributed by atoms with Crippen molar-refractivity contribution < 1.29 is 14.4 Å². The minimum absolute atomic E-state index is 0.145. The van der Waals surface area contributed by atoms with Crippen molar-refractivity contribution in [3.05, 3.63) is 62.1 Å². The summed E-state index contributed by atoms with van der Waals surface area (Å²) in [5.74, 6) is 0.145. The second-order valence-corrected chi connectivity index (χ2v) is 6.60. The molecular weight excluding hydrogens is 298 g/mol. The highest BCUT2D eigenvalue weighted by atomic mass is 32.1. The smallest absolute Gasteiger partial charge is 0.336 e. The Kier molecular flexibility index (Phi) is 4.00. The van der Waals surface area contributed by atoms with Crippen LogP contribution in [0, 0.1) is 6.92 Å². The predicted octanol–water partition coefficient (Wildman–Crippen LogP) is 2.08. The first kappa shape index (κ1) is 14.8. The Balaban J connectivity index is 1.96. The highest BCUT2D eigenvalue weighted by Crippen LogP contribution is 2.27. The monoisotopic (exact) mass is 316 g/mol. The number of fused-ring (bicyclic) bond motifs is 1. The van der Waals surface area contributed by atoms with Gasteiger partial charge in [-0.3, -0.25) is 0 Å². The Morgan fingerprint density at radius 3 is 2.82 bits per heavy atom. The summed E-state index contributed by atoms with van der Waals surface area (Å²) in [6.45, 7) is 3.40. The third-order valence-corrected chi connectivity index (χ3v) is 4.64. The maximum atomic E-state index is 11.8. The number of quaternary nitrogens is 1. The largest absolute Gasteiger partial charge is 0.508 e. The van der Waals surface area contributed by atoms with E-state index in [1.807, 2.05) is 12.1 Å². The summed E-state index contributed by atoms with van der Waals surface area (Å²) in [6, 6.07) is 9.18. The van der Waals surface area contributed by atoms with E-state index in [9.17, 15) is 9.90 Å². The summed E-state index contributed by atoms with van der Waals surface area (Å²) in [5.41, 5.74) is 1.65. The van der Waals surface area contributed by atoms with Gasteiger partial charge in [-0.2, -0.15) is 0 Å². The number of rotatable bonds is 4. The van der Waals surface area contributed by atoms with Crippen molar-refractivity contribution >= 4 is 22.3 Å². The molecule has 0 aliphatic heterocycles. The van der Waals surface area contributed by atoms with E-state index in [1.165, 1.54) is 9.78 Å². The maximum Gasteiger partial charge on any atom is 0.336 e. The van der Waals surface area contributed by atoms with Gasteiger partial charge in [-0.15, -0.1) is 11.3 Å². The Morgan fingerprint density at radius 1 is 1.27 bits per heavy atom. The molecule has 22 heavy (non-hydrogen) atoms. The topological polar surface area (TPSA) is 54.9 Å². The van der Waals surface area contributed by atoms with Crippen molar-refractivity contribution in [1.29, 1.82) is 0 Å². The molecule has 114 valence electrons. The molecule has 0 amide bonds. The molecule has 0 aliphatic rings. The highest BCUT2D eigenvalue weighted by Gasteiger charge is 2.14. The van der Waals surface area contributed by atoms with Crippen LogP contribution in [0.25, 0.3) is 11.0 Å². The van der Waals surface area contributed by atoms with Crippen LogP contribution in [-0.4, -0.2) is 12.2 Å². The summed E-state index contributed by atoms with van der Waals surface area (Å²) < 4.78 is 5.28. The fourth-order valence-electron chi connectivity index (χ4n) is 2.66. The number of benzene rings is 1. The predicted molar refractivity (Wildman–Crippen MR) is 87.5 cm³/mol. The summed E-state index contributed by atoms with van der Waals surface area (Å²) >= 11 is 1.74. The molecule has 4 nitrogen and oxygen atoms in total. The van der Waals surface area contributed by atoms with Gasteiger partial charge in [0.15, 0.2) is 0 Å². The van der Waals surface area contributed by atoms with Crippen LogP contribution < -0.4 is 10.5 Å². The lowest BCUT2D eigenvalue weighted by Crippen LogP contribution is -3.06. The van der Waals surface area contributed by atoms with Gasteiger partial charge in [0.1, 0.15) is 24.4 Å². The fourth-order valence-corrected chi connectivity index (χ4v) is 3.48. The van der Waals surface area contributed by atoms with E-state index >= 15 is 0 Å². The molecule has 2 aromatic heterocycles. The first-order valence-electron chi connectivity index (χ1n) is 7.13. The molecule has 0 fully saturated rings. The Morgan fingerprint density at radius 2 is 2.09 bits per heavy atom. The molecule has 1 atom stereocenters. The van der Waals surface area contributed by atoms with Crippen molar-refractivity contribution in [2.75, 3.05) is 7.05 Å². The van der Waals surface area contributed by atoms with Crippen molar-refractivity contribution in [2.45, 2.75) is 20.0 Å². The summed E-state index contributed by atoms with van der Waals surface area (Å²) in [5, 5.41) is 12.7. The zero-order valence-corrected chi connectivity index (χ0v) is 13.4. The number of aromatic hydroxyl groups is 1. The van der Waals surface area contributed by atoms with E-state index in [0.717, 1.165) is 24.0 Å². The Hall–Kier alpha value is -2.11. The number of nitrogens with one attached hydrogen (secondary N) is 1. The second kappa shape index (κ2) is 5.94. The molecule has 0 spiro atoms. The third-order valence-electron chi connectivity index (χ3n) is 3.77. The SMILES string of the molecule is Cc1c(O)ccc2c(C[NH+](C)Cc3cccs3)cc(=O)oc12. The van der Waals surface area contributed by atoms with Crippen LogP contribution in [0.4, 0.5) is 0 Å². The minimum Gasteiger partial charge on any atom is -0.508 e. The number of aryl methyl sites for hydroxylation is 1. The summed E-state index contributed by atoms with van der Waals surface area (Å²) in [6.07, 6.45) is 0. The van der Waals surface area contributed by atoms with Crippen LogP contribution >= 0.6 is 11.3 Å². The molecule has 3 rings (SSSR count). The maximum absolute atomic E-state index is 11.8. The number of hydrogen-bond acceptors (Lipinski definition) is 4. The molecule has 1 aromatic carbocycles.